The van der Waals surface area contributed by atoms with Crippen molar-refractivity contribution in [1.82, 2.24) is 19.3 Å². The topological polar surface area (TPSA) is 92.2 Å². The molecule has 212 valence electrons. The monoisotopic (exact) mass is 550 g/mol. The Morgan fingerprint density at radius 3 is 2.25 bits per heavy atom. The molecule has 0 unspecified atom stereocenters. The number of ether oxygens (including phenoxy) is 1. The maximum atomic E-state index is 14.0. The first kappa shape index (κ1) is 28.9. The molecule has 10 heteroatoms. The lowest BCUT2D eigenvalue weighted by molar-refractivity contribution is -0.124. The summed E-state index contributed by atoms with van der Waals surface area (Å²) in [5.74, 6) is -2.10. The number of methoxy groups -OCH3 is 1. The lowest BCUT2D eigenvalue weighted by atomic mass is 10.0. The number of likely N-dealkylation sites (N-methyl/N-ethyl adjacent to an activating group) is 1. The lowest BCUT2D eigenvalue weighted by Crippen LogP contribution is -2.57. The number of aromatic nitrogens is 1. The second-order valence-corrected chi connectivity index (χ2v) is 10.6. The minimum atomic E-state index is -0.757. The third kappa shape index (κ3) is 5.23. The summed E-state index contributed by atoms with van der Waals surface area (Å²) in [5, 5.41) is 0.340. The van der Waals surface area contributed by atoms with E-state index in [9.17, 15) is 23.6 Å². The number of hydrogen-bond acceptors (Lipinski definition) is 6. The van der Waals surface area contributed by atoms with E-state index in [0.29, 0.717) is 36.2 Å². The highest BCUT2D eigenvalue weighted by Crippen LogP contribution is 2.34. The van der Waals surface area contributed by atoms with E-state index in [0.717, 1.165) is 5.56 Å². The highest BCUT2D eigenvalue weighted by molar-refractivity contribution is 6.45. The molecule has 2 aromatic carbocycles. The van der Waals surface area contributed by atoms with Gasteiger partial charge in [0.1, 0.15) is 11.6 Å². The van der Waals surface area contributed by atoms with Crippen LogP contribution in [0.2, 0.25) is 0 Å². The van der Waals surface area contributed by atoms with Gasteiger partial charge in [0.25, 0.3) is 17.6 Å². The number of amides is 2. The van der Waals surface area contributed by atoms with E-state index in [4.69, 9.17) is 4.74 Å². The number of ketones is 1. The molecule has 0 aliphatic carbocycles. The third-order valence-electron chi connectivity index (χ3n) is 7.57. The number of fused-ring (bicyclic) bond motifs is 1. The highest BCUT2D eigenvalue weighted by Gasteiger charge is 2.35. The van der Waals surface area contributed by atoms with Gasteiger partial charge in [-0.1, -0.05) is 12.1 Å². The van der Waals surface area contributed by atoms with Crippen LogP contribution in [0.25, 0.3) is 10.9 Å². The normalized spacial score (nSPS) is 17.6. The van der Waals surface area contributed by atoms with Gasteiger partial charge in [-0.05, 0) is 44.5 Å². The van der Waals surface area contributed by atoms with Crippen LogP contribution in [0.15, 0.2) is 36.4 Å². The molecule has 2 amide bonds. The zero-order valence-corrected chi connectivity index (χ0v) is 23.9. The van der Waals surface area contributed by atoms with Crippen LogP contribution in [0.3, 0.4) is 0 Å². The molecule has 1 saturated heterocycles. The predicted octanol–water partition coefficient (Wildman–Crippen LogP) is 3.76. The lowest BCUT2D eigenvalue weighted by Gasteiger charge is -2.44. The molecule has 9 nitrogen and oxygen atoms in total. The summed E-state index contributed by atoms with van der Waals surface area (Å²) >= 11 is 0. The van der Waals surface area contributed by atoms with Crippen LogP contribution in [0.5, 0.6) is 5.75 Å². The number of carbonyl (C=O) groups is 4. The Hall–Kier alpha value is -4.05. The van der Waals surface area contributed by atoms with Gasteiger partial charge >= 0.3 is 0 Å². The largest absolute Gasteiger partial charge is 0.496 e. The molecular formula is C30H35FN4O5. The van der Waals surface area contributed by atoms with Gasteiger partial charge in [0, 0.05) is 69.9 Å². The smallest absolute Gasteiger partial charge is 0.294 e. The molecule has 1 fully saturated rings. The van der Waals surface area contributed by atoms with E-state index >= 15 is 0 Å². The SMILES string of the molecule is COc1cc2c(cc1C(=O)N1C[C@H](C)N(Cc3ccc(F)cc3)C[C@H]1C)c(C(=O)C(=O)N(C)C)c(C)n2C(C)=O. The Balaban J connectivity index is 1.72. The number of Topliss-reactive ketones (excluding diaryl/α,β-unsaturated/α-hetero) is 1. The van der Waals surface area contributed by atoms with Gasteiger partial charge in [0.05, 0.1) is 23.8 Å². The zero-order chi connectivity index (χ0) is 29.5. The molecule has 1 aromatic heterocycles. The second kappa shape index (κ2) is 11.2. The summed E-state index contributed by atoms with van der Waals surface area (Å²) in [6.45, 7) is 8.66. The Morgan fingerprint density at radius 1 is 1.02 bits per heavy atom. The Labute approximate surface area is 233 Å². The number of carbonyl (C=O) groups excluding carboxylic acids is 4. The van der Waals surface area contributed by atoms with E-state index in [2.05, 4.69) is 4.90 Å². The van der Waals surface area contributed by atoms with E-state index in [-0.39, 0.29) is 46.6 Å². The molecule has 2 heterocycles. The maximum absolute atomic E-state index is 14.0. The number of piperazine rings is 1. The van der Waals surface area contributed by atoms with E-state index < -0.39 is 11.7 Å². The van der Waals surface area contributed by atoms with Gasteiger partial charge < -0.3 is 14.5 Å². The number of hydrogen-bond donors (Lipinski definition) is 0. The number of halogens is 1. The fourth-order valence-electron chi connectivity index (χ4n) is 5.46. The van der Waals surface area contributed by atoms with Crippen molar-refractivity contribution in [3.8, 4) is 5.75 Å². The molecule has 0 spiro atoms. The molecule has 40 heavy (non-hydrogen) atoms. The average molecular weight is 551 g/mol. The average Bonchev–Trinajstić information content (AvgIpc) is 3.20. The van der Waals surface area contributed by atoms with Crippen molar-refractivity contribution in [3.05, 3.63) is 64.6 Å². The van der Waals surface area contributed by atoms with Crippen molar-refractivity contribution < 1.29 is 28.3 Å². The molecule has 3 aromatic rings. The molecule has 4 rings (SSSR count). The molecule has 0 N–H and O–H groups in total. The number of nitrogens with zero attached hydrogens (tertiary/aromatic N) is 4. The molecular weight excluding hydrogens is 515 g/mol. The quantitative estimate of drug-likeness (QED) is 0.343. The van der Waals surface area contributed by atoms with Crippen LogP contribution >= 0.6 is 0 Å². The molecule has 1 aliphatic heterocycles. The summed E-state index contributed by atoms with van der Waals surface area (Å²) in [5.41, 5.74) is 2.03. The van der Waals surface area contributed by atoms with Gasteiger partial charge in [-0.2, -0.15) is 0 Å². The minimum absolute atomic E-state index is 0.0239. The number of benzene rings is 2. The summed E-state index contributed by atoms with van der Waals surface area (Å²) in [4.78, 5) is 57.6. The van der Waals surface area contributed by atoms with Crippen LogP contribution < -0.4 is 4.74 Å². The van der Waals surface area contributed by atoms with Gasteiger partial charge in [0.15, 0.2) is 0 Å². The third-order valence-corrected chi connectivity index (χ3v) is 7.57. The standard InChI is InChI=1S/C30H35FN4O5/c1-17-15-34(18(2)14-33(17)16-21-8-10-22(31)11-9-21)29(38)24-12-23-25(13-26(24)40-7)35(20(4)36)19(3)27(23)28(37)30(39)32(5)6/h8-13,17-18H,14-16H2,1-7H3/t17-,18+/m0/s1. The van der Waals surface area contributed by atoms with Gasteiger partial charge in [-0.3, -0.25) is 28.6 Å². The molecule has 2 atom stereocenters. The fraction of sp³-hybridized carbons (Fsp3) is 0.400. The van der Waals surface area contributed by atoms with Gasteiger partial charge in [0.2, 0.25) is 5.91 Å². The Morgan fingerprint density at radius 2 is 1.68 bits per heavy atom. The minimum Gasteiger partial charge on any atom is -0.496 e. The van der Waals surface area contributed by atoms with Gasteiger partial charge in [-0.15, -0.1) is 0 Å². The van der Waals surface area contributed by atoms with Crippen LogP contribution in [0, 0.1) is 12.7 Å². The number of rotatable bonds is 6. The van der Waals surface area contributed by atoms with E-state index in [1.54, 1.807) is 36.1 Å². The van der Waals surface area contributed by atoms with Crippen LogP contribution in [0.4, 0.5) is 4.39 Å². The van der Waals surface area contributed by atoms with Crippen LogP contribution in [-0.4, -0.2) is 89.1 Å². The fourth-order valence-corrected chi connectivity index (χ4v) is 5.46. The second-order valence-electron chi connectivity index (χ2n) is 10.6. The van der Waals surface area contributed by atoms with Gasteiger partial charge in [-0.25, -0.2) is 4.39 Å². The van der Waals surface area contributed by atoms with Crippen molar-refractivity contribution >= 4 is 34.4 Å². The molecule has 0 saturated carbocycles. The van der Waals surface area contributed by atoms with Crippen LogP contribution in [-0.2, 0) is 11.3 Å². The van der Waals surface area contributed by atoms with E-state index in [1.165, 1.54) is 49.7 Å². The Kier molecular flexibility index (Phi) is 8.11. The Bertz CT molecular complexity index is 1490. The summed E-state index contributed by atoms with van der Waals surface area (Å²) in [7, 11) is 4.41. The first-order valence-electron chi connectivity index (χ1n) is 13.1. The van der Waals surface area contributed by atoms with Crippen molar-refractivity contribution in [2.75, 3.05) is 34.3 Å². The zero-order valence-electron chi connectivity index (χ0n) is 23.9. The van der Waals surface area contributed by atoms with Crippen LogP contribution in [0.1, 0.15) is 57.5 Å². The van der Waals surface area contributed by atoms with Crippen molar-refractivity contribution in [3.63, 3.8) is 0 Å². The predicted molar refractivity (Wildman–Crippen MR) is 149 cm³/mol. The first-order chi connectivity index (χ1) is 18.8. The van der Waals surface area contributed by atoms with E-state index in [1.807, 2.05) is 13.8 Å². The summed E-state index contributed by atoms with van der Waals surface area (Å²) in [6, 6.07) is 9.42. The summed E-state index contributed by atoms with van der Waals surface area (Å²) in [6.07, 6.45) is 0. The molecule has 1 aliphatic rings. The highest BCUT2D eigenvalue weighted by atomic mass is 19.1. The first-order valence-corrected chi connectivity index (χ1v) is 13.1. The maximum Gasteiger partial charge on any atom is 0.294 e. The van der Waals surface area contributed by atoms with Crippen molar-refractivity contribution in [2.45, 2.75) is 46.3 Å². The van der Waals surface area contributed by atoms with Crippen molar-refractivity contribution in [2.24, 2.45) is 0 Å². The molecule has 0 radical (unpaired) electrons. The molecule has 0 bridgehead atoms. The summed E-state index contributed by atoms with van der Waals surface area (Å²) < 4.78 is 20.3. The van der Waals surface area contributed by atoms with Crippen molar-refractivity contribution in [1.29, 1.82) is 0 Å².